The minimum Gasteiger partial charge on any atom is -0.350 e. The van der Waals surface area contributed by atoms with E-state index >= 15 is 0 Å². The molecule has 0 atom stereocenters. The number of hydrogen-bond donors (Lipinski definition) is 2. The van der Waals surface area contributed by atoms with Crippen LogP contribution in [0.1, 0.15) is 16.1 Å². The van der Waals surface area contributed by atoms with E-state index in [9.17, 15) is 9.18 Å². The standard InChI is InChI=1S/C16H14FN3OS/c17-13-3-1-12(2-4-13)14-9-15(20-19-14)16(21)18-7-5-11-6-8-22-10-11/h1-4,6,8-10H,5,7H2,(H,18,21)(H,19,20). The molecular weight excluding hydrogens is 301 g/mol. The summed E-state index contributed by atoms with van der Waals surface area (Å²) in [4.78, 5) is 12.0. The first kappa shape index (κ1) is 14.5. The predicted octanol–water partition coefficient (Wildman–Crippen LogP) is 3.25. The Kier molecular flexibility index (Phi) is 4.29. The van der Waals surface area contributed by atoms with Crippen molar-refractivity contribution in [1.29, 1.82) is 0 Å². The second-order valence-electron chi connectivity index (χ2n) is 4.81. The molecule has 6 heteroatoms. The van der Waals surface area contributed by atoms with Gasteiger partial charge >= 0.3 is 0 Å². The molecule has 3 rings (SSSR count). The van der Waals surface area contributed by atoms with Gasteiger partial charge in [-0.25, -0.2) is 4.39 Å². The fourth-order valence-corrected chi connectivity index (χ4v) is 2.76. The molecule has 1 aromatic carbocycles. The molecule has 3 aromatic rings. The van der Waals surface area contributed by atoms with E-state index in [1.807, 2.05) is 11.4 Å². The maximum Gasteiger partial charge on any atom is 0.269 e. The van der Waals surface area contributed by atoms with E-state index in [1.165, 1.54) is 17.7 Å². The van der Waals surface area contributed by atoms with E-state index in [-0.39, 0.29) is 11.7 Å². The highest BCUT2D eigenvalue weighted by Gasteiger charge is 2.10. The predicted molar refractivity (Wildman–Crippen MR) is 84.3 cm³/mol. The van der Waals surface area contributed by atoms with E-state index in [4.69, 9.17) is 0 Å². The van der Waals surface area contributed by atoms with E-state index in [1.54, 1.807) is 29.5 Å². The van der Waals surface area contributed by atoms with Crippen molar-refractivity contribution in [2.24, 2.45) is 0 Å². The van der Waals surface area contributed by atoms with Gasteiger partial charge in [0.1, 0.15) is 11.5 Å². The highest BCUT2D eigenvalue weighted by Crippen LogP contribution is 2.17. The largest absolute Gasteiger partial charge is 0.350 e. The highest BCUT2D eigenvalue weighted by atomic mass is 32.1. The summed E-state index contributed by atoms with van der Waals surface area (Å²) in [7, 11) is 0. The van der Waals surface area contributed by atoms with Crippen molar-refractivity contribution in [1.82, 2.24) is 15.5 Å². The molecule has 0 bridgehead atoms. The van der Waals surface area contributed by atoms with Crippen LogP contribution in [0.5, 0.6) is 0 Å². The fraction of sp³-hybridized carbons (Fsp3) is 0.125. The molecule has 0 spiro atoms. The third kappa shape index (κ3) is 3.40. The summed E-state index contributed by atoms with van der Waals surface area (Å²) >= 11 is 1.64. The van der Waals surface area contributed by atoms with Crippen LogP contribution in [0.3, 0.4) is 0 Å². The van der Waals surface area contributed by atoms with Crippen LogP contribution in [-0.4, -0.2) is 22.6 Å². The number of rotatable bonds is 5. The summed E-state index contributed by atoms with van der Waals surface area (Å²) in [5.74, 6) is -0.498. The smallest absolute Gasteiger partial charge is 0.269 e. The summed E-state index contributed by atoms with van der Waals surface area (Å²) in [6.07, 6.45) is 0.800. The molecule has 4 nitrogen and oxygen atoms in total. The zero-order valence-corrected chi connectivity index (χ0v) is 12.5. The van der Waals surface area contributed by atoms with E-state index < -0.39 is 0 Å². The number of hydrogen-bond acceptors (Lipinski definition) is 3. The number of nitrogens with zero attached hydrogens (tertiary/aromatic N) is 1. The van der Waals surface area contributed by atoms with Crippen LogP contribution in [0.4, 0.5) is 4.39 Å². The highest BCUT2D eigenvalue weighted by molar-refractivity contribution is 7.07. The Balaban J connectivity index is 1.60. The van der Waals surface area contributed by atoms with Gasteiger partial charge < -0.3 is 5.32 Å². The quantitative estimate of drug-likeness (QED) is 0.759. The molecule has 2 aromatic heterocycles. The second kappa shape index (κ2) is 6.53. The summed E-state index contributed by atoms with van der Waals surface area (Å²) < 4.78 is 12.9. The van der Waals surface area contributed by atoms with E-state index in [0.29, 0.717) is 17.9 Å². The summed E-state index contributed by atoms with van der Waals surface area (Å²) in [6, 6.07) is 9.69. The molecule has 1 amide bonds. The van der Waals surface area contributed by atoms with Crippen LogP contribution in [-0.2, 0) is 6.42 Å². The van der Waals surface area contributed by atoms with Crippen molar-refractivity contribution >= 4 is 17.2 Å². The minimum absolute atomic E-state index is 0.198. The van der Waals surface area contributed by atoms with Crippen molar-refractivity contribution in [2.45, 2.75) is 6.42 Å². The van der Waals surface area contributed by atoms with Crippen molar-refractivity contribution in [3.05, 3.63) is 64.2 Å². The van der Waals surface area contributed by atoms with Gasteiger partial charge in [0.25, 0.3) is 5.91 Å². The molecule has 0 saturated heterocycles. The Morgan fingerprint density at radius 1 is 1.27 bits per heavy atom. The van der Waals surface area contributed by atoms with Gasteiger partial charge in [0.05, 0.1) is 5.69 Å². The lowest BCUT2D eigenvalue weighted by atomic mass is 10.1. The van der Waals surface area contributed by atoms with Gasteiger partial charge in [-0.2, -0.15) is 16.4 Å². The third-order valence-electron chi connectivity index (χ3n) is 3.24. The Morgan fingerprint density at radius 2 is 2.09 bits per heavy atom. The number of carbonyl (C=O) groups excluding carboxylic acids is 1. The molecule has 112 valence electrons. The molecule has 0 aliphatic carbocycles. The van der Waals surface area contributed by atoms with Crippen molar-refractivity contribution in [2.75, 3.05) is 6.54 Å². The second-order valence-corrected chi connectivity index (χ2v) is 5.59. The number of thiophene rings is 1. The third-order valence-corrected chi connectivity index (χ3v) is 3.97. The summed E-state index contributed by atoms with van der Waals surface area (Å²) in [5, 5.41) is 13.7. The van der Waals surface area contributed by atoms with Crippen LogP contribution in [0, 0.1) is 5.82 Å². The number of nitrogens with one attached hydrogen (secondary N) is 2. The van der Waals surface area contributed by atoms with Crippen LogP contribution in [0.25, 0.3) is 11.3 Å². The monoisotopic (exact) mass is 315 g/mol. The van der Waals surface area contributed by atoms with E-state index in [0.717, 1.165) is 12.0 Å². The Bertz CT molecular complexity index is 750. The number of halogens is 1. The first-order valence-electron chi connectivity index (χ1n) is 6.83. The van der Waals surface area contributed by atoms with Crippen molar-refractivity contribution in [3.63, 3.8) is 0 Å². The van der Waals surface area contributed by atoms with Gasteiger partial charge in [-0.1, -0.05) is 0 Å². The zero-order chi connectivity index (χ0) is 15.4. The lowest BCUT2D eigenvalue weighted by Gasteiger charge is -2.01. The molecule has 0 unspecified atom stereocenters. The number of benzene rings is 1. The summed E-state index contributed by atoms with van der Waals surface area (Å²) in [5.41, 5.74) is 2.98. The molecular formula is C16H14FN3OS. The molecule has 0 aliphatic heterocycles. The first-order chi connectivity index (χ1) is 10.7. The molecule has 0 radical (unpaired) electrons. The molecule has 22 heavy (non-hydrogen) atoms. The topological polar surface area (TPSA) is 57.8 Å². The van der Waals surface area contributed by atoms with Crippen LogP contribution >= 0.6 is 11.3 Å². The Hall–Kier alpha value is -2.47. The molecule has 2 N–H and O–H groups in total. The summed E-state index contributed by atoms with van der Waals surface area (Å²) in [6.45, 7) is 0.570. The average Bonchev–Trinajstić information content (AvgIpc) is 3.19. The van der Waals surface area contributed by atoms with Gasteiger partial charge in [0.2, 0.25) is 0 Å². The normalized spacial score (nSPS) is 10.6. The number of aromatic amines is 1. The van der Waals surface area contributed by atoms with Gasteiger partial charge in [-0.05, 0) is 59.1 Å². The number of H-pyrrole nitrogens is 1. The van der Waals surface area contributed by atoms with Crippen LogP contribution in [0.15, 0.2) is 47.2 Å². The lowest BCUT2D eigenvalue weighted by Crippen LogP contribution is -2.25. The maximum absolute atomic E-state index is 12.9. The number of carbonyl (C=O) groups is 1. The SMILES string of the molecule is O=C(NCCc1ccsc1)c1cc(-c2ccc(F)cc2)n[nH]1. The lowest BCUT2D eigenvalue weighted by molar-refractivity contribution is 0.0949. The Morgan fingerprint density at radius 3 is 2.82 bits per heavy atom. The molecule has 0 fully saturated rings. The van der Waals surface area contributed by atoms with Crippen molar-refractivity contribution in [3.8, 4) is 11.3 Å². The van der Waals surface area contributed by atoms with Gasteiger partial charge in [0.15, 0.2) is 0 Å². The first-order valence-corrected chi connectivity index (χ1v) is 7.77. The van der Waals surface area contributed by atoms with Crippen LogP contribution in [0.2, 0.25) is 0 Å². The average molecular weight is 315 g/mol. The molecule has 0 saturated carbocycles. The maximum atomic E-state index is 12.9. The van der Waals surface area contributed by atoms with Gasteiger partial charge in [-0.15, -0.1) is 0 Å². The fourth-order valence-electron chi connectivity index (χ4n) is 2.06. The Labute approximate surface area is 131 Å². The zero-order valence-electron chi connectivity index (χ0n) is 11.7. The number of amides is 1. The molecule has 0 aliphatic rings. The van der Waals surface area contributed by atoms with Crippen molar-refractivity contribution < 1.29 is 9.18 Å². The van der Waals surface area contributed by atoms with Crippen LogP contribution < -0.4 is 5.32 Å². The van der Waals surface area contributed by atoms with E-state index in [2.05, 4.69) is 20.9 Å². The number of aromatic nitrogens is 2. The van der Waals surface area contributed by atoms with Gasteiger partial charge in [-0.3, -0.25) is 9.89 Å². The van der Waals surface area contributed by atoms with Gasteiger partial charge in [0, 0.05) is 12.1 Å². The molecule has 2 heterocycles. The minimum atomic E-state index is -0.300.